The average Bonchev–Trinajstić information content (AvgIpc) is 2.94. The molecular formula is C31H37N3O4. The Hall–Kier alpha value is -3.97. The number of amides is 3. The number of nitrogens with one attached hydrogen (secondary N) is 3. The van der Waals surface area contributed by atoms with E-state index >= 15 is 0 Å². The molecule has 7 nitrogen and oxygen atoms in total. The van der Waals surface area contributed by atoms with Gasteiger partial charge >= 0.3 is 0 Å². The topological polar surface area (TPSA) is 108 Å². The van der Waals surface area contributed by atoms with Crippen molar-refractivity contribution in [3.05, 3.63) is 107 Å². The standard InChI is InChI=1S/C31H37N3O4/c1-23-15-17-25(18-16-23)13-8-14-27(22-29(35)34-38)30(36)33-28(21-26-11-6-3-7-12-26)31(37)32-20-19-24-9-4-2-5-10-24/h2-7,9-12,15-18,27-28,38H,8,13-14,19-22H2,1H3,(H,32,37)(H,33,36)(H,34,35)/t27-,28+/m1/s1. The highest BCUT2D eigenvalue weighted by Crippen LogP contribution is 2.16. The predicted octanol–water partition coefficient (Wildman–Crippen LogP) is 3.92. The molecule has 0 saturated heterocycles. The van der Waals surface area contributed by atoms with E-state index in [-0.39, 0.29) is 18.2 Å². The van der Waals surface area contributed by atoms with Gasteiger partial charge in [0.15, 0.2) is 0 Å². The van der Waals surface area contributed by atoms with Crippen LogP contribution in [-0.4, -0.2) is 35.5 Å². The van der Waals surface area contributed by atoms with Gasteiger partial charge in [-0.05, 0) is 49.3 Å². The first kappa shape index (κ1) is 28.6. The summed E-state index contributed by atoms with van der Waals surface area (Å²) in [6.07, 6.45) is 2.73. The van der Waals surface area contributed by atoms with Crippen molar-refractivity contribution in [3.63, 3.8) is 0 Å². The van der Waals surface area contributed by atoms with E-state index in [0.717, 1.165) is 23.1 Å². The van der Waals surface area contributed by atoms with Gasteiger partial charge in [0.1, 0.15) is 6.04 Å². The molecule has 0 radical (unpaired) electrons. The van der Waals surface area contributed by atoms with Crippen molar-refractivity contribution in [1.82, 2.24) is 16.1 Å². The number of hydroxylamine groups is 1. The lowest BCUT2D eigenvalue weighted by Gasteiger charge is -2.22. The number of aryl methyl sites for hydroxylation is 2. The molecular weight excluding hydrogens is 478 g/mol. The van der Waals surface area contributed by atoms with Gasteiger partial charge < -0.3 is 10.6 Å². The fourth-order valence-corrected chi connectivity index (χ4v) is 4.35. The van der Waals surface area contributed by atoms with E-state index in [1.165, 1.54) is 5.56 Å². The van der Waals surface area contributed by atoms with Crippen molar-refractivity contribution in [2.45, 2.75) is 51.5 Å². The molecule has 3 aromatic carbocycles. The van der Waals surface area contributed by atoms with Gasteiger partial charge in [-0.3, -0.25) is 19.6 Å². The van der Waals surface area contributed by atoms with Crippen LogP contribution in [0.5, 0.6) is 0 Å². The van der Waals surface area contributed by atoms with E-state index < -0.39 is 17.9 Å². The fourth-order valence-electron chi connectivity index (χ4n) is 4.35. The maximum absolute atomic E-state index is 13.3. The first-order chi connectivity index (χ1) is 18.4. The van der Waals surface area contributed by atoms with Crippen LogP contribution in [0, 0.1) is 12.8 Å². The molecule has 0 heterocycles. The number of rotatable bonds is 14. The van der Waals surface area contributed by atoms with E-state index in [4.69, 9.17) is 5.21 Å². The zero-order valence-electron chi connectivity index (χ0n) is 21.9. The van der Waals surface area contributed by atoms with Gasteiger partial charge in [-0.1, -0.05) is 90.5 Å². The molecule has 7 heteroatoms. The summed E-state index contributed by atoms with van der Waals surface area (Å²) >= 11 is 0. The monoisotopic (exact) mass is 515 g/mol. The Morgan fingerprint density at radius 3 is 2.00 bits per heavy atom. The molecule has 200 valence electrons. The molecule has 0 spiro atoms. The zero-order chi connectivity index (χ0) is 27.2. The molecule has 0 unspecified atom stereocenters. The van der Waals surface area contributed by atoms with Crippen LogP contribution in [0.15, 0.2) is 84.9 Å². The van der Waals surface area contributed by atoms with Crippen molar-refractivity contribution < 1.29 is 19.6 Å². The van der Waals surface area contributed by atoms with Crippen molar-refractivity contribution in [1.29, 1.82) is 0 Å². The molecule has 0 bridgehead atoms. The quantitative estimate of drug-likeness (QED) is 0.193. The zero-order valence-corrected chi connectivity index (χ0v) is 21.9. The number of benzene rings is 3. The van der Waals surface area contributed by atoms with Crippen LogP contribution in [0.4, 0.5) is 0 Å². The van der Waals surface area contributed by atoms with Gasteiger partial charge in [-0.2, -0.15) is 0 Å². The Balaban J connectivity index is 1.65. The number of hydrogen-bond acceptors (Lipinski definition) is 4. The first-order valence-electron chi connectivity index (χ1n) is 13.1. The van der Waals surface area contributed by atoms with Crippen LogP contribution < -0.4 is 16.1 Å². The highest BCUT2D eigenvalue weighted by atomic mass is 16.5. The van der Waals surface area contributed by atoms with Crippen LogP contribution in [0.2, 0.25) is 0 Å². The number of carbonyl (C=O) groups excluding carboxylic acids is 3. The highest BCUT2D eigenvalue weighted by molar-refractivity contribution is 5.90. The van der Waals surface area contributed by atoms with Crippen LogP contribution in [0.25, 0.3) is 0 Å². The second-order valence-electron chi connectivity index (χ2n) is 9.59. The second kappa shape index (κ2) is 15.3. The second-order valence-corrected chi connectivity index (χ2v) is 9.59. The summed E-state index contributed by atoms with van der Waals surface area (Å²) in [5.41, 5.74) is 5.99. The largest absolute Gasteiger partial charge is 0.354 e. The Kier molecular flexibility index (Phi) is 11.5. The first-order valence-corrected chi connectivity index (χ1v) is 13.1. The maximum Gasteiger partial charge on any atom is 0.244 e. The van der Waals surface area contributed by atoms with Crippen molar-refractivity contribution in [2.75, 3.05) is 6.54 Å². The summed E-state index contributed by atoms with van der Waals surface area (Å²) in [5.74, 6) is -1.96. The van der Waals surface area contributed by atoms with Crippen LogP contribution >= 0.6 is 0 Å². The lowest BCUT2D eigenvalue weighted by Crippen LogP contribution is -2.50. The Morgan fingerprint density at radius 2 is 1.37 bits per heavy atom. The summed E-state index contributed by atoms with van der Waals surface area (Å²) in [6.45, 7) is 2.47. The molecule has 3 rings (SSSR count). The Morgan fingerprint density at radius 1 is 0.763 bits per heavy atom. The minimum atomic E-state index is -0.794. The molecule has 0 aliphatic carbocycles. The van der Waals surface area contributed by atoms with Crippen molar-refractivity contribution in [3.8, 4) is 0 Å². The third-order valence-corrected chi connectivity index (χ3v) is 6.54. The Bertz CT molecular complexity index is 1150. The molecule has 2 atom stereocenters. The van der Waals surface area contributed by atoms with Crippen LogP contribution in [0.1, 0.15) is 41.5 Å². The van der Waals surface area contributed by atoms with Gasteiger partial charge in [-0.15, -0.1) is 0 Å². The van der Waals surface area contributed by atoms with E-state index in [2.05, 4.69) is 22.8 Å². The van der Waals surface area contributed by atoms with Gasteiger partial charge in [-0.25, -0.2) is 5.48 Å². The lowest BCUT2D eigenvalue weighted by atomic mass is 9.94. The molecule has 0 aromatic heterocycles. The molecule has 0 fully saturated rings. The average molecular weight is 516 g/mol. The number of carbonyl (C=O) groups is 3. The molecule has 3 amide bonds. The van der Waals surface area contributed by atoms with Crippen LogP contribution in [0.3, 0.4) is 0 Å². The summed E-state index contributed by atoms with van der Waals surface area (Å²) < 4.78 is 0. The Labute approximate surface area is 224 Å². The predicted molar refractivity (Wildman–Crippen MR) is 147 cm³/mol. The van der Waals surface area contributed by atoms with E-state index in [1.807, 2.05) is 79.7 Å². The van der Waals surface area contributed by atoms with Crippen LogP contribution in [-0.2, 0) is 33.6 Å². The van der Waals surface area contributed by atoms with E-state index in [0.29, 0.717) is 32.2 Å². The maximum atomic E-state index is 13.3. The molecule has 0 aliphatic rings. The SMILES string of the molecule is Cc1ccc(CCC[C@H](CC(=O)NO)C(=O)N[C@@H](Cc2ccccc2)C(=O)NCCc2ccccc2)cc1. The molecule has 0 aliphatic heterocycles. The van der Waals surface area contributed by atoms with E-state index in [9.17, 15) is 14.4 Å². The molecule has 38 heavy (non-hydrogen) atoms. The van der Waals surface area contributed by atoms with Crippen molar-refractivity contribution in [2.24, 2.45) is 5.92 Å². The number of hydrogen-bond donors (Lipinski definition) is 4. The molecule has 0 saturated carbocycles. The summed E-state index contributed by atoms with van der Waals surface area (Å²) in [5, 5.41) is 14.9. The fraction of sp³-hybridized carbons (Fsp3) is 0.323. The molecule has 3 aromatic rings. The van der Waals surface area contributed by atoms with E-state index in [1.54, 1.807) is 5.48 Å². The molecule has 4 N–H and O–H groups in total. The van der Waals surface area contributed by atoms with Crippen molar-refractivity contribution >= 4 is 17.7 Å². The third kappa shape index (κ3) is 9.82. The summed E-state index contributed by atoms with van der Waals surface area (Å²) in [6, 6.07) is 26.8. The smallest absolute Gasteiger partial charge is 0.244 e. The minimum absolute atomic E-state index is 0.163. The van der Waals surface area contributed by atoms with Gasteiger partial charge in [0.25, 0.3) is 0 Å². The summed E-state index contributed by atoms with van der Waals surface area (Å²) in [4.78, 5) is 38.4. The third-order valence-electron chi connectivity index (χ3n) is 6.54. The van der Waals surface area contributed by atoms with Gasteiger partial charge in [0.05, 0.1) is 0 Å². The lowest BCUT2D eigenvalue weighted by molar-refractivity contribution is -0.136. The minimum Gasteiger partial charge on any atom is -0.354 e. The highest BCUT2D eigenvalue weighted by Gasteiger charge is 2.27. The summed E-state index contributed by atoms with van der Waals surface area (Å²) in [7, 11) is 0. The normalized spacial score (nSPS) is 12.3. The van der Waals surface area contributed by atoms with Gasteiger partial charge in [0.2, 0.25) is 17.7 Å². The van der Waals surface area contributed by atoms with Gasteiger partial charge in [0, 0.05) is 25.3 Å².